The van der Waals surface area contributed by atoms with Gasteiger partial charge in [0, 0.05) is 24.5 Å². The summed E-state index contributed by atoms with van der Waals surface area (Å²) in [6.07, 6.45) is 10.8. The van der Waals surface area contributed by atoms with Gasteiger partial charge in [-0.15, -0.1) is 0 Å². The zero-order valence-electron chi connectivity index (χ0n) is 11.5. The molecule has 0 amide bonds. The summed E-state index contributed by atoms with van der Waals surface area (Å²) in [6.45, 7) is 2.95. The van der Waals surface area contributed by atoms with E-state index in [1.807, 2.05) is 0 Å². The fraction of sp³-hybridized carbons (Fsp3) is 1.00. The predicted octanol–water partition coefficient (Wildman–Crippen LogP) is 1.88. The molecule has 18 heavy (non-hydrogen) atoms. The Bertz CT molecular complexity index is 299. The molecule has 3 heteroatoms. The number of nitrogens with two attached hydrogens (primary N) is 1. The van der Waals surface area contributed by atoms with E-state index < -0.39 is 5.60 Å². The van der Waals surface area contributed by atoms with Crippen molar-refractivity contribution >= 4 is 0 Å². The number of hydrogen-bond acceptors (Lipinski definition) is 3. The second-order valence-corrected chi connectivity index (χ2v) is 6.77. The lowest BCUT2D eigenvalue weighted by molar-refractivity contribution is -0.105. The largest absolute Gasteiger partial charge is 0.388 e. The Morgan fingerprint density at radius 1 is 1.00 bits per heavy atom. The van der Waals surface area contributed by atoms with Crippen LogP contribution in [0.25, 0.3) is 0 Å². The first-order valence-corrected chi connectivity index (χ1v) is 7.88. The van der Waals surface area contributed by atoms with Crippen molar-refractivity contribution in [2.75, 3.05) is 19.6 Å². The van der Waals surface area contributed by atoms with Crippen molar-refractivity contribution in [3.8, 4) is 0 Å². The number of nitrogens with zero attached hydrogens (tertiary/aromatic N) is 1. The van der Waals surface area contributed by atoms with E-state index >= 15 is 0 Å². The summed E-state index contributed by atoms with van der Waals surface area (Å²) < 4.78 is 0. The number of aliphatic hydroxyl groups is 1. The summed E-state index contributed by atoms with van der Waals surface area (Å²) >= 11 is 0. The fourth-order valence-electron chi connectivity index (χ4n) is 4.95. The monoisotopic (exact) mass is 252 g/mol. The van der Waals surface area contributed by atoms with Gasteiger partial charge in [-0.1, -0.05) is 25.7 Å². The lowest BCUT2D eigenvalue weighted by atomic mass is 9.63. The molecule has 0 aromatic carbocycles. The van der Waals surface area contributed by atoms with Gasteiger partial charge < -0.3 is 10.8 Å². The Morgan fingerprint density at radius 3 is 2.39 bits per heavy atom. The summed E-state index contributed by atoms with van der Waals surface area (Å²) in [4.78, 5) is 2.52. The van der Waals surface area contributed by atoms with Crippen LogP contribution in [0.1, 0.15) is 57.8 Å². The van der Waals surface area contributed by atoms with Gasteiger partial charge in [-0.25, -0.2) is 0 Å². The molecule has 0 radical (unpaired) electrons. The lowest BCUT2D eigenvalue weighted by Gasteiger charge is -2.48. The molecule has 0 spiro atoms. The standard InChI is InChI=1S/C15H28N2O/c16-12-14(7-3-1-2-4-8-14)15(18)9-11-17-10-5-6-13(15)17/h13,18H,1-12,16H2. The van der Waals surface area contributed by atoms with Crippen molar-refractivity contribution in [3.05, 3.63) is 0 Å². The SMILES string of the molecule is NCC1(C2(O)CCN3CCCC32)CCCCCC1. The van der Waals surface area contributed by atoms with E-state index in [0.29, 0.717) is 12.6 Å². The highest BCUT2D eigenvalue weighted by molar-refractivity contribution is 5.12. The normalized spacial score (nSPS) is 40.7. The highest BCUT2D eigenvalue weighted by Crippen LogP contribution is 2.52. The van der Waals surface area contributed by atoms with E-state index in [4.69, 9.17) is 5.73 Å². The molecule has 3 N–H and O–H groups in total. The molecule has 104 valence electrons. The van der Waals surface area contributed by atoms with Crippen molar-refractivity contribution in [1.29, 1.82) is 0 Å². The maximum Gasteiger partial charge on any atom is 0.0882 e. The van der Waals surface area contributed by atoms with Crippen LogP contribution in [0.5, 0.6) is 0 Å². The fourth-order valence-corrected chi connectivity index (χ4v) is 4.95. The van der Waals surface area contributed by atoms with E-state index in [1.54, 1.807) is 0 Å². The van der Waals surface area contributed by atoms with Gasteiger partial charge in [0.1, 0.15) is 0 Å². The van der Waals surface area contributed by atoms with Crippen molar-refractivity contribution in [2.45, 2.75) is 69.4 Å². The van der Waals surface area contributed by atoms with E-state index in [-0.39, 0.29) is 5.41 Å². The zero-order chi connectivity index (χ0) is 12.6. The number of rotatable bonds is 2. The maximum atomic E-state index is 11.4. The maximum absolute atomic E-state index is 11.4. The summed E-state index contributed by atoms with van der Waals surface area (Å²) in [7, 11) is 0. The molecular weight excluding hydrogens is 224 g/mol. The molecule has 2 atom stereocenters. The van der Waals surface area contributed by atoms with Crippen molar-refractivity contribution in [2.24, 2.45) is 11.1 Å². The van der Waals surface area contributed by atoms with Crippen LogP contribution >= 0.6 is 0 Å². The van der Waals surface area contributed by atoms with Crippen LogP contribution in [-0.4, -0.2) is 41.3 Å². The predicted molar refractivity (Wildman–Crippen MR) is 73.4 cm³/mol. The van der Waals surface area contributed by atoms with Crippen molar-refractivity contribution in [1.82, 2.24) is 4.90 Å². The Hall–Kier alpha value is -0.120. The molecule has 1 aliphatic carbocycles. The first-order valence-electron chi connectivity index (χ1n) is 7.88. The average Bonchev–Trinajstić information content (AvgIpc) is 2.87. The Balaban J connectivity index is 1.89. The molecule has 3 fully saturated rings. The molecule has 0 aromatic heterocycles. The lowest BCUT2D eigenvalue weighted by Crippen LogP contribution is -2.58. The molecule has 1 saturated carbocycles. The van der Waals surface area contributed by atoms with Crippen LogP contribution < -0.4 is 5.73 Å². The Kier molecular flexibility index (Phi) is 3.41. The quantitative estimate of drug-likeness (QED) is 0.738. The zero-order valence-corrected chi connectivity index (χ0v) is 11.5. The van der Waals surface area contributed by atoms with Crippen molar-refractivity contribution < 1.29 is 5.11 Å². The summed E-state index contributed by atoms with van der Waals surface area (Å²) in [5, 5.41) is 11.4. The molecule has 3 aliphatic rings. The van der Waals surface area contributed by atoms with Gasteiger partial charge >= 0.3 is 0 Å². The van der Waals surface area contributed by atoms with Crippen LogP contribution in [-0.2, 0) is 0 Å². The molecule has 3 rings (SSSR count). The molecule has 0 bridgehead atoms. The van der Waals surface area contributed by atoms with Crippen LogP contribution in [0.4, 0.5) is 0 Å². The van der Waals surface area contributed by atoms with Gasteiger partial charge in [-0.2, -0.15) is 0 Å². The number of fused-ring (bicyclic) bond motifs is 1. The third kappa shape index (κ3) is 1.75. The first-order chi connectivity index (χ1) is 8.72. The second kappa shape index (κ2) is 4.77. The molecule has 2 aliphatic heterocycles. The third-order valence-corrected chi connectivity index (χ3v) is 6.06. The minimum atomic E-state index is -0.497. The minimum absolute atomic E-state index is 0.00720. The minimum Gasteiger partial charge on any atom is -0.388 e. The van der Waals surface area contributed by atoms with Gasteiger partial charge in [-0.3, -0.25) is 4.90 Å². The van der Waals surface area contributed by atoms with Gasteiger partial charge in [0.15, 0.2) is 0 Å². The summed E-state index contributed by atoms with van der Waals surface area (Å²) in [5.41, 5.74) is 5.69. The van der Waals surface area contributed by atoms with E-state index in [9.17, 15) is 5.11 Å². The smallest absolute Gasteiger partial charge is 0.0882 e. The molecule has 2 saturated heterocycles. The number of hydrogen-bond donors (Lipinski definition) is 2. The van der Waals surface area contributed by atoms with Crippen LogP contribution in [0.2, 0.25) is 0 Å². The van der Waals surface area contributed by atoms with Crippen molar-refractivity contribution in [3.63, 3.8) is 0 Å². The van der Waals surface area contributed by atoms with Crippen LogP contribution in [0.15, 0.2) is 0 Å². The highest BCUT2D eigenvalue weighted by atomic mass is 16.3. The third-order valence-electron chi connectivity index (χ3n) is 6.06. The molecule has 3 nitrogen and oxygen atoms in total. The summed E-state index contributed by atoms with van der Waals surface area (Å²) in [6, 6.07) is 0.402. The second-order valence-electron chi connectivity index (χ2n) is 6.77. The molecular formula is C15H28N2O. The van der Waals surface area contributed by atoms with E-state index in [0.717, 1.165) is 25.8 Å². The van der Waals surface area contributed by atoms with E-state index in [2.05, 4.69) is 4.90 Å². The molecule has 2 heterocycles. The van der Waals surface area contributed by atoms with Crippen LogP contribution in [0.3, 0.4) is 0 Å². The van der Waals surface area contributed by atoms with Gasteiger partial charge in [0.2, 0.25) is 0 Å². The first kappa shape index (κ1) is 12.9. The topological polar surface area (TPSA) is 49.5 Å². The highest BCUT2D eigenvalue weighted by Gasteiger charge is 2.58. The van der Waals surface area contributed by atoms with Crippen LogP contribution in [0, 0.1) is 5.41 Å². The van der Waals surface area contributed by atoms with Gasteiger partial charge in [-0.05, 0) is 38.6 Å². The van der Waals surface area contributed by atoms with Gasteiger partial charge in [0.25, 0.3) is 0 Å². The molecule has 0 aromatic rings. The Morgan fingerprint density at radius 2 is 1.72 bits per heavy atom. The Labute approximate surface area is 111 Å². The van der Waals surface area contributed by atoms with E-state index in [1.165, 1.54) is 45.1 Å². The average molecular weight is 252 g/mol. The summed E-state index contributed by atoms with van der Waals surface area (Å²) in [5.74, 6) is 0. The molecule has 2 unspecified atom stereocenters. The van der Waals surface area contributed by atoms with Gasteiger partial charge in [0.05, 0.1) is 5.60 Å².